The molecule has 0 bridgehead atoms. The van der Waals surface area contributed by atoms with Crippen LogP contribution < -0.4 is 4.31 Å². The average Bonchev–Trinajstić information content (AvgIpc) is 2.68. The monoisotopic (exact) mass is 392 g/mol. The van der Waals surface area contributed by atoms with Gasteiger partial charge in [-0.2, -0.15) is 5.26 Å². The van der Waals surface area contributed by atoms with Crippen LogP contribution in [0.5, 0.6) is 5.75 Å². The lowest BCUT2D eigenvalue weighted by atomic mass is 9.98. The van der Waals surface area contributed by atoms with Crippen LogP contribution in [0.2, 0.25) is 0 Å². The molecule has 0 aliphatic heterocycles. The Morgan fingerprint density at radius 3 is 2.25 bits per heavy atom. The minimum absolute atomic E-state index is 0.106. The molecule has 0 amide bonds. The van der Waals surface area contributed by atoms with Crippen molar-refractivity contribution in [1.82, 2.24) is 0 Å². The molecular formula is C22H20N2O3S. The van der Waals surface area contributed by atoms with E-state index in [0.717, 1.165) is 16.7 Å². The van der Waals surface area contributed by atoms with E-state index in [1.54, 1.807) is 48.5 Å². The van der Waals surface area contributed by atoms with Crippen LogP contribution in [0.25, 0.3) is 11.1 Å². The fraction of sp³-hybridized carbons (Fsp3) is 0.136. The molecule has 142 valence electrons. The molecule has 3 aromatic carbocycles. The third-order valence-corrected chi connectivity index (χ3v) is 6.49. The molecule has 0 saturated heterocycles. The molecule has 0 atom stereocenters. The molecule has 0 unspecified atom stereocenters. The van der Waals surface area contributed by atoms with E-state index < -0.39 is 10.0 Å². The molecule has 6 heteroatoms. The molecule has 0 spiro atoms. The summed E-state index contributed by atoms with van der Waals surface area (Å²) in [5.74, 6) is -0.106. The van der Waals surface area contributed by atoms with Crippen LogP contribution >= 0.6 is 0 Å². The molecule has 0 aromatic heterocycles. The SMILES string of the molecule is Cc1ccc(S(=O)(=O)N(C)c2ccc(C)c(-c3ccc(C#N)c(O)c3)c2)cc1. The molecule has 3 rings (SSSR count). The van der Waals surface area contributed by atoms with E-state index in [0.29, 0.717) is 11.3 Å². The maximum Gasteiger partial charge on any atom is 0.264 e. The molecular weight excluding hydrogens is 372 g/mol. The molecule has 5 nitrogen and oxygen atoms in total. The van der Waals surface area contributed by atoms with Crippen molar-refractivity contribution >= 4 is 15.7 Å². The normalized spacial score (nSPS) is 11.1. The first-order valence-electron chi connectivity index (χ1n) is 8.64. The number of hydrogen-bond acceptors (Lipinski definition) is 4. The molecule has 1 N–H and O–H groups in total. The van der Waals surface area contributed by atoms with Gasteiger partial charge in [-0.1, -0.05) is 29.8 Å². The van der Waals surface area contributed by atoms with Crippen LogP contribution in [0, 0.1) is 25.2 Å². The van der Waals surface area contributed by atoms with Gasteiger partial charge in [0.05, 0.1) is 16.1 Å². The topological polar surface area (TPSA) is 81.4 Å². The predicted octanol–water partition coefficient (Wildman–Crippen LogP) is 4.37. The summed E-state index contributed by atoms with van der Waals surface area (Å²) in [5.41, 5.74) is 4.09. The van der Waals surface area contributed by atoms with E-state index in [2.05, 4.69) is 0 Å². The predicted molar refractivity (Wildman–Crippen MR) is 110 cm³/mol. The van der Waals surface area contributed by atoms with Crippen LogP contribution in [-0.4, -0.2) is 20.6 Å². The highest BCUT2D eigenvalue weighted by atomic mass is 32.2. The Hall–Kier alpha value is -3.30. The fourth-order valence-electron chi connectivity index (χ4n) is 2.92. The van der Waals surface area contributed by atoms with Gasteiger partial charge in [-0.25, -0.2) is 8.42 Å². The summed E-state index contributed by atoms with van der Waals surface area (Å²) in [6.07, 6.45) is 0. The largest absolute Gasteiger partial charge is 0.507 e. The molecule has 28 heavy (non-hydrogen) atoms. The zero-order valence-corrected chi connectivity index (χ0v) is 16.7. The van der Waals surface area contributed by atoms with Crippen molar-refractivity contribution in [2.24, 2.45) is 0 Å². The highest BCUT2D eigenvalue weighted by molar-refractivity contribution is 7.92. The Balaban J connectivity index is 2.04. The summed E-state index contributed by atoms with van der Waals surface area (Å²) in [4.78, 5) is 0.221. The summed E-state index contributed by atoms with van der Waals surface area (Å²) in [7, 11) is -2.18. The highest BCUT2D eigenvalue weighted by Gasteiger charge is 2.22. The van der Waals surface area contributed by atoms with Gasteiger partial charge in [-0.15, -0.1) is 0 Å². The Bertz CT molecular complexity index is 1180. The average molecular weight is 392 g/mol. The van der Waals surface area contributed by atoms with Crippen molar-refractivity contribution in [2.75, 3.05) is 11.4 Å². The standard InChI is InChI=1S/C22H20N2O3S/c1-15-4-10-20(11-5-15)28(26,27)24(3)19-9-6-16(2)21(13-19)17-7-8-18(14-23)22(25)12-17/h4-13,25H,1-3H3. The number of rotatable bonds is 4. The number of benzene rings is 3. The minimum Gasteiger partial charge on any atom is -0.507 e. The number of anilines is 1. The van der Waals surface area contributed by atoms with Crippen molar-refractivity contribution in [1.29, 1.82) is 5.26 Å². The van der Waals surface area contributed by atoms with E-state index >= 15 is 0 Å². The molecule has 0 saturated carbocycles. The van der Waals surface area contributed by atoms with Gasteiger partial charge >= 0.3 is 0 Å². The molecule has 0 radical (unpaired) electrons. The smallest absolute Gasteiger partial charge is 0.264 e. The fourth-order valence-corrected chi connectivity index (χ4v) is 4.11. The number of aryl methyl sites for hydroxylation is 2. The molecule has 0 aliphatic rings. The maximum atomic E-state index is 13.0. The Morgan fingerprint density at radius 1 is 0.964 bits per heavy atom. The lowest BCUT2D eigenvalue weighted by Crippen LogP contribution is -2.26. The van der Waals surface area contributed by atoms with Crippen molar-refractivity contribution in [2.45, 2.75) is 18.7 Å². The van der Waals surface area contributed by atoms with Crippen LogP contribution in [0.3, 0.4) is 0 Å². The van der Waals surface area contributed by atoms with E-state index in [4.69, 9.17) is 5.26 Å². The third kappa shape index (κ3) is 3.57. The third-order valence-electron chi connectivity index (χ3n) is 4.69. The first-order chi connectivity index (χ1) is 13.2. The zero-order valence-electron chi connectivity index (χ0n) is 15.8. The summed E-state index contributed by atoms with van der Waals surface area (Å²) in [6.45, 7) is 3.81. The summed E-state index contributed by atoms with van der Waals surface area (Å²) in [6, 6.07) is 18.8. The van der Waals surface area contributed by atoms with E-state index in [1.807, 2.05) is 26.0 Å². The van der Waals surface area contributed by atoms with Gasteiger partial charge in [-0.3, -0.25) is 4.31 Å². The summed E-state index contributed by atoms with van der Waals surface area (Å²) >= 11 is 0. The van der Waals surface area contributed by atoms with Gasteiger partial charge in [0.2, 0.25) is 0 Å². The van der Waals surface area contributed by atoms with Gasteiger partial charge in [-0.05, 0) is 66.9 Å². The maximum absolute atomic E-state index is 13.0. The first kappa shape index (κ1) is 19.5. The molecule has 0 heterocycles. The molecule has 0 fully saturated rings. The van der Waals surface area contributed by atoms with Gasteiger partial charge < -0.3 is 5.11 Å². The quantitative estimate of drug-likeness (QED) is 0.715. The number of sulfonamides is 1. The van der Waals surface area contributed by atoms with Crippen LogP contribution in [0.1, 0.15) is 16.7 Å². The van der Waals surface area contributed by atoms with E-state index in [-0.39, 0.29) is 16.2 Å². The number of phenols is 1. The van der Waals surface area contributed by atoms with Crippen LogP contribution in [0.15, 0.2) is 65.6 Å². The van der Waals surface area contributed by atoms with Crippen LogP contribution in [-0.2, 0) is 10.0 Å². The molecule has 3 aromatic rings. The van der Waals surface area contributed by atoms with E-state index in [9.17, 15) is 13.5 Å². The summed E-state index contributed by atoms with van der Waals surface area (Å²) in [5, 5.41) is 19.0. The van der Waals surface area contributed by atoms with Gasteiger partial charge in [0.25, 0.3) is 10.0 Å². The molecule has 0 aliphatic carbocycles. The van der Waals surface area contributed by atoms with Crippen molar-refractivity contribution in [3.05, 3.63) is 77.4 Å². The van der Waals surface area contributed by atoms with Crippen molar-refractivity contribution in [3.63, 3.8) is 0 Å². The van der Waals surface area contributed by atoms with Gasteiger partial charge in [0.15, 0.2) is 0 Å². The van der Waals surface area contributed by atoms with Gasteiger partial charge in [0, 0.05) is 7.05 Å². The first-order valence-corrected chi connectivity index (χ1v) is 10.1. The second kappa shape index (κ2) is 7.37. The van der Waals surface area contributed by atoms with Crippen molar-refractivity contribution in [3.8, 4) is 22.9 Å². The number of nitrogens with zero attached hydrogens (tertiary/aromatic N) is 2. The second-order valence-electron chi connectivity index (χ2n) is 6.63. The summed E-state index contributed by atoms with van der Waals surface area (Å²) < 4.78 is 27.2. The van der Waals surface area contributed by atoms with E-state index in [1.165, 1.54) is 17.4 Å². The lowest BCUT2D eigenvalue weighted by Gasteiger charge is -2.21. The Labute approximate surface area is 165 Å². The number of nitriles is 1. The Kier molecular flexibility index (Phi) is 5.12. The lowest BCUT2D eigenvalue weighted by molar-refractivity contribution is 0.474. The van der Waals surface area contributed by atoms with Crippen molar-refractivity contribution < 1.29 is 13.5 Å². The second-order valence-corrected chi connectivity index (χ2v) is 8.60. The number of phenolic OH excluding ortho intramolecular Hbond substituents is 1. The van der Waals surface area contributed by atoms with Crippen LogP contribution in [0.4, 0.5) is 5.69 Å². The number of hydrogen-bond donors (Lipinski definition) is 1. The zero-order chi connectivity index (χ0) is 20.5. The minimum atomic E-state index is -3.70. The highest BCUT2D eigenvalue weighted by Crippen LogP contribution is 2.32. The Morgan fingerprint density at radius 2 is 1.64 bits per heavy atom. The number of aromatic hydroxyl groups is 1. The van der Waals surface area contributed by atoms with Gasteiger partial charge in [0.1, 0.15) is 11.8 Å².